The van der Waals surface area contributed by atoms with Crippen LogP contribution in [0, 0.1) is 6.92 Å². The topological polar surface area (TPSA) is 83.6 Å². The van der Waals surface area contributed by atoms with Crippen molar-refractivity contribution in [2.45, 2.75) is 26.2 Å². The Morgan fingerprint density at radius 1 is 1.53 bits per heavy atom. The third kappa shape index (κ3) is 4.67. The van der Waals surface area contributed by atoms with E-state index in [1.165, 1.54) is 11.2 Å². The summed E-state index contributed by atoms with van der Waals surface area (Å²) < 4.78 is 5.00. The van der Waals surface area contributed by atoms with Crippen LogP contribution in [0.15, 0.2) is 10.7 Å². The Labute approximate surface area is 99.2 Å². The molecule has 0 aliphatic heterocycles. The van der Waals surface area contributed by atoms with Gasteiger partial charge in [-0.25, -0.2) is 4.98 Å². The number of hydrogen-bond donors (Lipinski definition) is 1. The van der Waals surface area contributed by atoms with E-state index in [1.807, 2.05) is 0 Å². The van der Waals surface area contributed by atoms with Crippen LogP contribution in [0.2, 0.25) is 0 Å². The Kier molecular flexibility index (Phi) is 4.68. The fourth-order valence-electron chi connectivity index (χ4n) is 1.37. The Hall–Kier alpha value is -1.85. The van der Waals surface area contributed by atoms with Gasteiger partial charge in [0.25, 0.3) is 0 Å². The minimum Gasteiger partial charge on any atom is -0.481 e. The van der Waals surface area contributed by atoms with Crippen molar-refractivity contribution in [3.8, 4) is 0 Å². The molecule has 1 amide bonds. The van der Waals surface area contributed by atoms with Crippen LogP contribution in [-0.4, -0.2) is 40.5 Å². The lowest BCUT2D eigenvalue weighted by atomic mass is 10.2. The predicted molar refractivity (Wildman–Crippen MR) is 59.5 cm³/mol. The van der Waals surface area contributed by atoms with Gasteiger partial charge in [0, 0.05) is 26.9 Å². The largest absolute Gasteiger partial charge is 0.481 e. The second kappa shape index (κ2) is 6.03. The van der Waals surface area contributed by atoms with Gasteiger partial charge in [-0.05, 0) is 6.42 Å². The highest BCUT2D eigenvalue weighted by atomic mass is 16.4. The summed E-state index contributed by atoms with van der Waals surface area (Å²) >= 11 is 0. The number of oxazole rings is 1. The number of likely N-dealkylation sites (N-methyl/N-ethyl adjacent to an activating group) is 1. The smallest absolute Gasteiger partial charge is 0.303 e. The number of nitrogens with zero attached hydrogens (tertiary/aromatic N) is 2. The lowest BCUT2D eigenvalue weighted by Crippen LogP contribution is -2.29. The summed E-state index contributed by atoms with van der Waals surface area (Å²) in [4.78, 5) is 27.6. The number of carbonyl (C=O) groups excluding carboxylic acids is 1. The number of carboxylic acid groups (broad SMARTS) is 1. The van der Waals surface area contributed by atoms with Crippen LogP contribution in [0.3, 0.4) is 0 Å². The van der Waals surface area contributed by atoms with E-state index in [2.05, 4.69) is 4.98 Å². The third-order valence-electron chi connectivity index (χ3n) is 2.31. The van der Waals surface area contributed by atoms with Crippen molar-refractivity contribution in [2.24, 2.45) is 0 Å². The zero-order valence-electron chi connectivity index (χ0n) is 9.97. The summed E-state index contributed by atoms with van der Waals surface area (Å²) in [5.41, 5.74) is 0.595. The van der Waals surface area contributed by atoms with Crippen molar-refractivity contribution in [3.63, 3.8) is 0 Å². The molecule has 0 saturated carbocycles. The van der Waals surface area contributed by atoms with E-state index < -0.39 is 5.97 Å². The fraction of sp³-hybridized carbons (Fsp3) is 0.545. The lowest BCUT2D eigenvalue weighted by Gasteiger charge is -2.15. The van der Waals surface area contributed by atoms with Crippen molar-refractivity contribution in [1.82, 2.24) is 9.88 Å². The predicted octanol–water partition coefficient (Wildman–Crippen LogP) is 0.849. The van der Waals surface area contributed by atoms with Gasteiger partial charge < -0.3 is 14.4 Å². The van der Waals surface area contributed by atoms with Gasteiger partial charge in [0.15, 0.2) is 5.89 Å². The maximum absolute atomic E-state index is 11.7. The van der Waals surface area contributed by atoms with Gasteiger partial charge in [0.2, 0.25) is 5.91 Å². The summed E-state index contributed by atoms with van der Waals surface area (Å²) in [5.74, 6) is -0.414. The van der Waals surface area contributed by atoms with Crippen molar-refractivity contribution in [2.75, 3.05) is 13.6 Å². The molecule has 17 heavy (non-hydrogen) atoms. The number of carbonyl (C=O) groups is 2. The molecule has 0 unspecified atom stereocenters. The van der Waals surface area contributed by atoms with E-state index in [4.69, 9.17) is 9.52 Å². The highest BCUT2D eigenvalue weighted by Crippen LogP contribution is 2.03. The van der Waals surface area contributed by atoms with Crippen molar-refractivity contribution in [1.29, 1.82) is 0 Å². The second-order valence-corrected chi connectivity index (χ2v) is 3.85. The molecule has 1 aromatic rings. The Balaban J connectivity index is 2.34. The van der Waals surface area contributed by atoms with Crippen LogP contribution >= 0.6 is 0 Å². The first-order chi connectivity index (χ1) is 7.99. The van der Waals surface area contributed by atoms with Gasteiger partial charge in [-0.3, -0.25) is 9.59 Å². The molecule has 0 fully saturated rings. The number of rotatable bonds is 6. The highest BCUT2D eigenvalue weighted by Gasteiger charge is 2.12. The minimum absolute atomic E-state index is 0.0701. The van der Waals surface area contributed by atoms with E-state index in [0.29, 0.717) is 24.6 Å². The molecule has 0 atom stereocenters. The van der Waals surface area contributed by atoms with Crippen LogP contribution < -0.4 is 0 Å². The maximum atomic E-state index is 11.7. The van der Waals surface area contributed by atoms with E-state index >= 15 is 0 Å². The molecule has 1 N–H and O–H groups in total. The summed E-state index contributed by atoms with van der Waals surface area (Å²) in [7, 11) is 1.65. The normalized spacial score (nSPS) is 10.2. The van der Waals surface area contributed by atoms with Crippen LogP contribution in [0.5, 0.6) is 0 Å². The molecule has 0 spiro atoms. The van der Waals surface area contributed by atoms with E-state index in [1.54, 1.807) is 14.0 Å². The van der Waals surface area contributed by atoms with Gasteiger partial charge in [-0.15, -0.1) is 0 Å². The molecule has 1 rings (SSSR count). The Morgan fingerprint density at radius 2 is 2.24 bits per heavy atom. The number of amides is 1. The summed E-state index contributed by atoms with van der Waals surface area (Å²) in [6, 6.07) is 0. The zero-order valence-corrected chi connectivity index (χ0v) is 9.97. The molecule has 0 aromatic carbocycles. The molecule has 94 valence electrons. The molecular formula is C11H16N2O4. The number of carboxylic acids is 1. The van der Waals surface area contributed by atoms with E-state index in [0.717, 1.165) is 0 Å². The van der Waals surface area contributed by atoms with Gasteiger partial charge in [0.1, 0.15) is 6.26 Å². The molecular weight excluding hydrogens is 224 g/mol. The molecule has 1 heterocycles. The first-order valence-corrected chi connectivity index (χ1v) is 5.36. The summed E-state index contributed by atoms with van der Waals surface area (Å²) in [6.07, 6.45) is 2.16. The van der Waals surface area contributed by atoms with Crippen LogP contribution in [-0.2, 0) is 16.0 Å². The van der Waals surface area contributed by atoms with E-state index in [9.17, 15) is 9.59 Å². The quantitative estimate of drug-likeness (QED) is 0.796. The van der Waals surface area contributed by atoms with E-state index in [-0.39, 0.29) is 18.7 Å². The Morgan fingerprint density at radius 3 is 2.76 bits per heavy atom. The SMILES string of the molecule is Cc1nc(CC(=O)N(C)CCCC(=O)O)co1. The average molecular weight is 240 g/mol. The van der Waals surface area contributed by atoms with Crippen molar-refractivity contribution >= 4 is 11.9 Å². The average Bonchev–Trinajstić information content (AvgIpc) is 2.63. The molecule has 0 radical (unpaired) electrons. The number of aryl methyl sites for hydroxylation is 1. The Bertz CT molecular complexity index is 400. The number of aromatic nitrogens is 1. The highest BCUT2D eigenvalue weighted by molar-refractivity contribution is 5.78. The second-order valence-electron chi connectivity index (χ2n) is 3.85. The zero-order chi connectivity index (χ0) is 12.8. The first kappa shape index (κ1) is 13.2. The molecule has 6 heteroatoms. The number of hydrogen-bond acceptors (Lipinski definition) is 4. The van der Waals surface area contributed by atoms with Gasteiger partial charge >= 0.3 is 5.97 Å². The number of aliphatic carboxylic acids is 1. The van der Waals surface area contributed by atoms with Gasteiger partial charge in [-0.1, -0.05) is 0 Å². The molecule has 6 nitrogen and oxygen atoms in total. The monoisotopic (exact) mass is 240 g/mol. The molecule has 0 aliphatic rings. The molecule has 0 aliphatic carbocycles. The van der Waals surface area contributed by atoms with Crippen molar-refractivity contribution < 1.29 is 19.1 Å². The third-order valence-corrected chi connectivity index (χ3v) is 2.31. The summed E-state index contributed by atoms with van der Waals surface area (Å²) in [5, 5.41) is 8.48. The minimum atomic E-state index is -0.849. The lowest BCUT2D eigenvalue weighted by molar-refractivity contribution is -0.138. The molecule has 0 bridgehead atoms. The van der Waals surface area contributed by atoms with Gasteiger partial charge in [0.05, 0.1) is 12.1 Å². The van der Waals surface area contributed by atoms with Gasteiger partial charge in [-0.2, -0.15) is 0 Å². The van der Waals surface area contributed by atoms with Crippen LogP contribution in [0.4, 0.5) is 0 Å². The van der Waals surface area contributed by atoms with Crippen LogP contribution in [0.1, 0.15) is 24.4 Å². The van der Waals surface area contributed by atoms with Crippen LogP contribution in [0.25, 0.3) is 0 Å². The standard InChI is InChI=1S/C11H16N2O4/c1-8-12-9(7-17-8)6-10(14)13(2)5-3-4-11(15)16/h7H,3-6H2,1-2H3,(H,15,16). The maximum Gasteiger partial charge on any atom is 0.303 e. The summed E-state index contributed by atoms with van der Waals surface area (Å²) in [6.45, 7) is 2.15. The fourth-order valence-corrected chi connectivity index (χ4v) is 1.37. The molecule has 1 aromatic heterocycles. The first-order valence-electron chi connectivity index (χ1n) is 5.36. The molecule has 0 saturated heterocycles. The van der Waals surface area contributed by atoms with Crippen molar-refractivity contribution in [3.05, 3.63) is 17.8 Å².